The molecule has 2 amide bonds. The van der Waals surface area contributed by atoms with Crippen molar-refractivity contribution < 1.29 is 22.7 Å². The first kappa shape index (κ1) is 29.3. The molecule has 2 aromatic carbocycles. The summed E-state index contributed by atoms with van der Waals surface area (Å²) in [5, 5.41) is 2.18. The Morgan fingerprint density at radius 3 is 2.38 bits per heavy atom. The number of aryl methyl sites for hydroxylation is 3. The number of carbonyl (C=O) groups is 2. The highest BCUT2D eigenvalue weighted by atomic mass is 35.5. The number of methoxy groups -OCH3 is 1. The zero-order valence-electron chi connectivity index (χ0n) is 22.2. The molecule has 0 aliphatic rings. The third kappa shape index (κ3) is 6.06. The molecule has 40 heavy (non-hydrogen) atoms. The number of sulfonamides is 1. The fraction of sp³-hybridized carbons (Fsp3) is 0.259. The van der Waals surface area contributed by atoms with Crippen molar-refractivity contribution in [3.8, 4) is 5.69 Å². The molecule has 0 fully saturated rings. The van der Waals surface area contributed by atoms with Crippen molar-refractivity contribution in [2.24, 2.45) is 0 Å². The zero-order chi connectivity index (χ0) is 29.2. The Balaban J connectivity index is 1.42. The summed E-state index contributed by atoms with van der Waals surface area (Å²) in [6, 6.07) is 10.9. The number of hydrogen-bond acceptors (Lipinski definition) is 7. The van der Waals surface area contributed by atoms with E-state index in [0.29, 0.717) is 6.42 Å². The van der Waals surface area contributed by atoms with Gasteiger partial charge in [-0.05, 0) is 61.7 Å². The second-order valence-corrected chi connectivity index (χ2v) is 11.5. The van der Waals surface area contributed by atoms with Crippen LogP contribution in [-0.2, 0) is 27.6 Å². The number of urea groups is 1. The number of esters is 1. The molecule has 0 atom stereocenters. The second-order valence-electron chi connectivity index (χ2n) is 9.00. The Bertz CT molecular complexity index is 1720. The van der Waals surface area contributed by atoms with E-state index in [-0.39, 0.29) is 22.2 Å². The number of hydrogen-bond donors (Lipinski definition) is 2. The molecule has 0 spiro atoms. The van der Waals surface area contributed by atoms with Gasteiger partial charge in [0.2, 0.25) is 0 Å². The fourth-order valence-electron chi connectivity index (χ4n) is 4.26. The van der Waals surface area contributed by atoms with Crippen LogP contribution in [0.3, 0.4) is 0 Å². The van der Waals surface area contributed by atoms with Gasteiger partial charge < -0.3 is 10.1 Å². The van der Waals surface area contributed by atoms with Crippen LogP contribution in [0.15, 0.2) is 47.4 Å². The number of carbonyl (C=O) groups excluding carboxylic acids is 2. The highest BCUT2D eigenvalue weighted by Gasteiger charge is 2.25. The SMILES string of the molecule is CCc1nc2c(C)cc(C)nc2n1-c1ccc(CCNC(=O)NS(=O)(=O)c2cc(C(=O)OC)c(Cl)cc2Cl)cc1. The van der Waals surface area contributed by atoms with Gasteiger partial charge in [0.15, 0.2) is 5.65 Å². The van der Waals surface area contributed by atoms with Crippen molar-refractivity contribution in [1.82, 2.24) is 24.6 Å². The molecular formula is C27H27Cl2N5O5S. The molecule has 2 heterocycles. The van der Waals surface area contributed by atoms with Crippen LogP contribution in [0.4, 0.5) is 4.79 Å². The van der Waals surface area contributed by atoms with E-state index in [9.17, 15) is 18.0 Å². The average molecular weight is 605 g/mol. The summed E-state index contributed by atoms with van der Waals surface area (Å²) in [7, 11) is -3.28. The quantitative estimate of drug-likeness (QED) is 0.273. The van der Waals surface area contributed by atoms with Gasteiger partial charge in [-0.15, -0.1) is 0 Å². The molecule has 4 aromatic rings. The molecule has 2 N–H and O–H groups in total. The molecule has 4 rings (SSSR count). The lowest BCUT2D eigenvalue weighted by atomic mass is 10.1. The smallest absolute Gasteiger partial charge is 0.339 e. The predicted octanol–water partition coefficient (Wildman–Crippen LogP) is 4.92. The van der Waals surface area contributed by atoms with Crippen LogP contribution in [0.5, 0.6) is 0 Å². The molecule has 0 aliphatic heterocycles. The maximum absolute atomic E-state index is 12.7. The van der Waals surface area contributed by atoms with Gasteiger partial charge in [-0.2, -0.15) is 0 Å². The van der Waals surface area contributed by atoms with Crippen LogP contribution in [0.1, 0.15) is 39.9 Å². The van der Waals surface area contributed by atoms with Gasteiger partial charge in [-0.3, -0.25) is 4.57 Å². The number of nitrogens with zero attached hydrogens (tertiary/aromatic N) is 3. The molecule has 0 saturated heterocycles. The minimum absolute atomic E-state index is 0.0834. The number of aromatic nitrogens is 3. The van der Waals surface area contributed by atoms with Gasteiger partial charge >= 0.3 is 12.0 Å². The first-order valence-corrected chi connectivity index (χ1v) is 14.5. The summed E-state index contributed by atoms with van der Waals surface area (Å²) in [4.78, 5) is 33.2. The number of ether oxygens (including phenoxy) is 1. The van der Waals surface area contributed by atoms with Crippen molar-refractivity contribution in [1.29, 1.82) is 0 Å². The first-order chi connectivity index (χ1) is 18.9. The Labute approximate surface area is 241 Å². The lowest BCUT2D eigenvalue weighted by Gasteiger charge is -2.12. The summed E-state index contributed by atoms with van der Waals surface area (Å²) >= 11 is 12.0. The molecule has 0 radical (unpaired) electrons. The van der Waals surface area contributed by atoms with E-state index in [1.54, 1.807) is 0 Å². The van der Waals surface area contributed by atoms with E-state index in [1.807, 2.05) is 60.4 Å². The average Bonchev–Trinajstić information content (AvgIpc) is 3.27. The van der Waals surface area contributed by atoms with Gasteiger partial charge in [0, 0.05) is 24.3 Å². The monoisotopic (exact) mass is 603 g/mol. The lowest BCUT2D eigenvalue weighted by Crippen LogP contribution is -2.40. The van der Waals surface area contributed by atoms with Crippen LogP contribution in [-0.4, -0.2) is 48.6 Å². The summed E-state index contributed by atoms with van der Waals surface area (Å²) in [5.41, 5.74) is 5.31. The third-order valence-corrected chi connectivity index (χ3v) is 8.27. The van der Waals surface area contributed by atoms with Gasteiger partial charge in [-0.1, -0.05) is 42.3 Å². The molecule has 0 unspecified atom stereocenters. The third-order valence-electron chi connectivity index (χ3n) is 6.16. The number of benzene rings is 2. The largest absolute Gasteiger partial charge is 0.465 e. The summed E-state index contributed by atoms with van der Waals surface area (Å²) in [6.45, 7) is 6.19. The first-order valence-electron chi connectivity index (χ1n) is 12.3. The standard InChI is InChI=1S/C27H27Cl2N5O5S/c1-5-23-32-24-15(2)12-16(3)31-25(24)34(23)18-8-6-17(7-9-18)10-11-30-27(36)33-40(37,38)22-13-19(26(35)39-4)20(28)14-21(22)29/h6-9,12-14H,5,10-11H2,1-4H3,(H2,30,33,36). The highest BCUT2D eigenvalue weighted by Crippen LogP contribution is 2.29. The topological polar surface area (TPSA) is 132 Å². The summed E-state index contributed by atoms with van der Waals surface area (Å²) < 4.78 is 34.0. The Hall–Kier alpha value is -3.67. The molecule has 0 aliphatic carbocycles. The summed E-state index contributed by atoms with van der Waals surface area (Å²) in [5.74, 6) is 0.0604. The zero-order valence-corrected chi connectivity index (χ0v) is 24.5. The lowest BCUT2D eigenvalue weighted by molar-refractivity contribution is 0.0600. The molecule has 10 nitrogen and oxygen atoms in total. The van der Waals surface area contributed by atoms with E-state index in [2.05, 4.69) is 10.1 Å². The number of amides is 2. The Morgan fingerprint density at radius 2 is 1.73 bits per heavy atom. The van der Waals surface area contributed by atoms with Gasteiger partial charge in [0.25, 0.3) is 10.0 Å². The van der Waals surface area contributed by atoms with Crippen molar-refractivity contribution in [2.45, 2.75) is 38.5 Å². The Morgan fingerprint density at radius 1 is 1.02 bits per heavy atom. The number of pyridine rings is 1. The maximum atomic E-state index is 12.7. The number of imidazole rings is 1. The van der Waals surface area contributed by atoms with Crippen LogP contribution in [0.25, 0.3) is 16.9 Å². The van der Waals surface area contributed by atoms with Crippen molar-refractivity contribution in [2.75, 3.05) is 13.7 Å². The van der Waals surface area contributed by atoms with E-state index >= 15 is 0 Å². The maximum Gasteiger partial charge on any atom is 0.339 e. The normalized spacial score (nSPS) is 11.4. The molecule has 0 bridgehead atoms. The minimum atomic E-state index is -4.40. The van der Waals surface area contributed by atoms with E-state index < -0.39 is 26.9 Å². The highest BCUT2D eigenvalue weighted by molar-refractivity contribution is 7.90. The van der Waals surface area contributed by atoms with Gasteiger partial charge in [0.05, 0.1) is 22.7 Å². The fourth-order valence-corrected chi connectivity index (χ4v) is 6.04. The van der Waals surface area contributed by atoms with E-state index in [1.165, 1.54) is 0 Å². The molecular weight excluding hydrogens is 577 g/mol. The number of rotatable bonds is 8. The molecule has 2 aromatic heterocycles. The number of fused-ring (bicyclic) bond motifs is 1. The van der Waals surface area contributed by atoms with Crippen LogP contribution in [0, 0.1) is 13.8 Å². The van der Waals surface area contributed by atoms with Crippen molar-refractivity contribution in [3.63, 3.8) is 0 Å². The number of nitrogens with one attached hydrogen (secondary N) is 2. The molecule has 0 saturated carbocycles. The van der Waals surface area contributed by atoms with Gasteiger partial charge in [0.1, 0.15) is 16.2 Å². The van der Waals surface area contributed by atoms with Crippen LogP contribution < -0.4 is 10.0 Å². The summed E-state index contributed by atoms with van der Waals surface area (Å²) in [6.07, 6.45) is 1.19. The van der Waals surface area contributed by atoms with Crippen LogP contribution >= 0.6 is 23.2 Å². The molecule has 13 heteroatoms. The predicted molar refractivity (Wildman–Crippen MR) is 153 cm³/mol. The van der Waals surface area contributed by atoms with Gasteiger partial charge in [-0.25, -0.2) is 32.7 Å². The molecule has 210 valence electrons. The van der Waals surface area contributed by atoms with Crippen molar-refractivity contribution in [3.05, 3.63) is 80.7 Å². The minimum Gasteiger partial charge on any atom is -0.465 e. The number of halogens is 2. The Kier molecular flexibility index (Phi) is 8.67. The van der Waals surface area contributed by atoms with E-state index in [0.717, 1.165) is 65.2 Å². The second kappa shape index (κ2) is 11.8. The van der Waals surface area contributed by atoms with Crippen LogP contribution in [0.2, 0.25) is 10.0 Å². The van der Waals surface area contributed by atoms with E-state index in [4.69, 9.17) is 33.2 Å². The van der Waals surface area contributed by atoms with Crippen molar-refractivity contribution >= 4 is 56.4 Å².